The number of aliphatic hydroxyl groups is 1. The number of aliphatic hydroxyl groups excluding tert-OH is 1. The van der Waals surface area contributed by atoms with Crippen LogP contribution in [0.2, 0.25) is 0 Å². The van der Waals surface area contributed by atoms with Gasteiger partial charge in [0.1, 0.15) is 0 Å². The van der Waals surface area contributed by atoms with Gasteiger partial charge in [-0.2, -0.15) is 4.39 Å². The summed E-state index contributed by atoms with van der Waals surface area (Å²) in [6, 6.07) is 1.65. The summed E-state index contributed by atoms with van der Waals surface area (Å²) in [7, 11) is 0. The van der Waals surface area contributed by atoms with Crippen LogP contribution in [0.3, 0.4) is 0 Å². The van der Waals surface area contributed by atoms with Crippen molar-refractivity contribution in [2.45, 2.75) is 26.4 Å². The molecular formula is C9H12FNO. The number of hydrogen-bond donors (Lipinski definition) is 1. The zero-order valence-corrected chi connectivity index (χ0v) is 7.21. The van der Waals surface area contributed by atoms with Gasteiger partial charge in [0.05, 0.1) is 6.10 Å². The third-order valence-electron chi connectivity index (χ3n) is 1.93. The third kappa shape index (κ3) is 1.61. The van der Waals surface area contributed by atoms with Crippen molar-refractivity contribution < 1.29 is 9.50 Å². The van der Waals surface area contributed by atoms with E-state index in [9.17, 15) is 9.50 Å². The topological polar surface area (TPSA) is 33.1 Å². The summed E-state index contributed by atoms with van der Waals surface area (Å²) in [5.74, 6) is -0.500. The van der Waals surface area contributed by atoms with Crippen LogP contribution in [0.25, 0.3) is 0 Å². The molecule has 3 heteroatoms. The van der Waals surface area contributed by atoms with E-state index in [-0.39, 0.29) is 0 Å². The van der Waals surface area contributed by atoms with Crippen molar-refractivity contribution in [2.24, 2.45) is 0 Å². The first-order valence-corrected chi connectivity index (χ1v) is 3.96. The Morgan fingerprint density at radius 1 is 1.67 bits per heavy atom. The minimum Gasteiger partial charge on any atom is -0.388 e. The Balaban J connectivity index is 3.07. The molecule has 1 N–H and O–H groups in total. The predicted octanol–water partition coefficient (Wildman–Crippen LogP) is 1.97. The van der Waals surface area contributed by atoms with Gasteiger partial charge in [0.2, 0.25) is 5.95 Å². The van der Waals surface area contributed by atoms with Crippen molar-refractivity contribution >= 4 is 0 Å². The molecule has 0 saturated carbocycles. The molecule has 1 heterocycles. The lowest BCUT2D eigenvalue weighted by molar-refractivity contribution is 0.172. The van der Waals surface area contributed by atoms with Crippen LogP contribution in [0.15, 0.2) is 12.3 Å². The molecule has 0 fully saturated rings. The lowest BCUT2D eigenvalue weighted by Crippen LogP contribution is -2.01. The maximum atomic E-state index is 12.9. The number of rotatable bonds is 2. The Hall–Kier alpha value is -0.960. The van der Waals surface area contributed by atoms with E-state index in [1.54, 1.807) is 13.0 Å². The Bertz CT molecular complexity index is 275. The second-order valence-electron chi connectivity index (χ2n) is 2.74. The molecule has 2 nitrogen and oxygen atoms in total. The van der Waals surface area contributed by atoms with Crippen LogP contribution in [0, 0.1) is 12.9 Å². The first kappa shape index (κ1) is 9.13. The Kier molecular flexibility index (Phi) is 2.76. The fraction of sp³-hybridized carbons (Fsp3) is 0.444. The highest BCUT2D eigenvalue weighted by molar-refractivity contribution is 5.24. The van der Waals surface area contributed by atoms with Crippen LogP contribution >= 0.6 is 0 Å². The van der Waals surface area contributed by atoms with Crippen molar-refractivity contribution in [3.8, 4) is 0 Å². The van der Waals surface area contributed by atoms with E-state index in [4.69, 9.17) is 0 Å². The van der Waals surface area contributed by atoms with Crippen molar-refractivity contribution in [3.63, 3.8) is 0 Å². The standard InChI is InChI=1S/C9H12FNO/c1-3-8(12)7-4-5-11-9(10)6(7)2/h4-5,8,12H,3H2,1-2H3. The van der Waals surface area contributed by atoms with E-state index in [0.29, 0.717) is 17.5 Å². The Morgan fingerprint density at radius 2 is 2.33 bits per heavy atom. The number of aromatic nitrogens is 1. The van der Waals surface area contributed by atoms with Gasteiger partial charge in [0.25, 0.3) is 0 Å². The van der Waals surface area contributed by atoms with Gasteiger partial charge < -0.3 is 5.11 Å². The minimum atomic E-state index is -0.581. The third-order valence-corrected chi connectivity index (χ3v) is 1.93. The molecule has 12 heavy (non-hydrogen) atoms. The van der Waals surface area contributed by atoms with E-state index in [2.05, 4.69) is 4.98 Å². The molecule has 0 aromatic carbocycles. The van der Waals surface area contributed by atoms with Crippen molar-refractivity contribution in [2.75, 3.05) is 0 Å². The first-order chi connectivity index (χ1) is 5.66. The second kappa shape index (κ2) is 3.63. The van der Waals surface area contributed by atoms with Crippen LogP contribution in [0.1, 0.15) is 30.6 Å². The molecule has 0 aliphatic carbocycles. The number of halogens is 1. The summed E-state index contributed by atoms with van der Waals surface area (Å²) < 4.78 is 12.9. The SMILES string of the molecule is CCC(O)c1ccnc(F)c1C. The smallest absolute Gasteiger partial charge is 0.216 e. The van der Waals surface area contributed by atoms with Crippen molar-refractivity contribution in [1.29, 1.82) is 0 Å². The van der Waals surface area contributed by atoms with Gasteiger partial charge in [-0.1, -0.05) is 6.92 Å². The van der Waals surface area contributed by atoms with E-state index >= 15 is 0 Å². The maximum absolute atomic E-state index is 12.9. The molecule has 0 bridgehead atoms. The average Bonchev–Trinajstić information content (AvgIpc) is 2.08. The van der Waals surface area contributed by atoms with Crippen molar-refractivity contribution in [1.82, 2.24) is 4.98 Å². The van der Waals surface area contributed by atoms with Crippen LogP contribution < -0.4 is 0 Å². The molecule has 0 radical (unpaired) electrons. The molecule has 0 saturated heterocycles. The predicted molar refractivity (Wildman–Crippen MR) is 44.2 cm³/mol. The zero-order valence-electron chi connectivity index (χ0n) is 7.21. The van der Waals surface area contributed by atoms with Gasteiger partial charge in [0, 0.05) is 11.8 Å². The van der Waals surface area contributed by atoms with Gasteiger partial charge in [-0.25, -0.2) is 4.98 Å². The normalized spacial score (nSPS) is 13.0. The fourth-order valence-corrected chi connectivity index (χ4v) is 1.10. The van der Waals surface area contributed by atoms with E-state index < -0.39 is 12.1 Å². The molecule has 1 aromatic heterocycles. The molecule has 1 unspecified atom stereocenters. The Labute approximate surface area is 71.1 Å². The van der Waals surface area contributed by atoms with Crippen molar-refractivity contribution in [3.05, 3.63) is 29.3 Å². The summed E-state index contributed by atoms with van der Waals surface area (Å²) in [4.78, 5) is 3.48. The monoisotopic (exact) mass is 169 g/mol. The number of nitrogens with zero attached hydrogens (tertiary/aromatic N) is 1. The van der Waals surface area contributed by atoms with Gasteiger partial charge in [-0.3, -0.25) is 0 Å². The summed E-state index contributed by atoms with van der Waals surface area (Å²) in [6.07, 6.45) is 1.38. The van der Waals surface area contributed by atoms with Gasteiger partial charge >= 0.3 is 0 Å². The molecule has 66 valence electrons. The highest BCUT2D eigenvalue weighted by Gasteiger charge is 2.10. The first-order valence-electron chi connectivity index (χ1n) is 3.96. The molecule has 0 amide bonds. The Morgan fingerprint density at radius 3 is 2.92 bits per heavy atom. The molecule has 0 aliphatic rings. The molecule has 1 atom stereocenters. The van der Waals surface area contributed by atoms with Gasteiger partial charge in [-0.05, 0) is 25.0 Å². The van der Waals surface area contributed by atoms with Crippen LogP contribution in [-0.4, -0.2) is 10.1 Å². The largest absolute Gasteiger partial charge is 0.388 e. The zero-order chi connectivity index (χ0) is 9.14. The summed E-state index contributed by atoms with van der Waals surface area (Å²) in [5.41, 5.74) is 1.07. The molecule has 0 spiro atoms. The van der Waals surface area contributed by atoms with E-state index in [0.717, 1.165) is 0 Å². The van der Waals surface area contributed by atoms with Crippen LogP contribution in [-0.2, 0) is 0 Å². The number of hydrogen-bond acceptors (Lipinski definition) is 2. The summed E-state index contributed by atoms with van der Waals surface area (Å²) >= 11 is 0. The molecule has 1 rings (SSSR count). The highest BCUT2D eigenvalue weighted by atomic mass is 19.1. The highest BCUT2D eigenvalue weighted by Crippen LogP contribution is 2.20. The average molecular weight is 169 g/mol. The van der Waals surface area contributed by atoms with Crippen LogP contribution in [0.5, 0.6) is 0 Å². The quantitative estimate of drug-likeness (QED) is 0.686. The maximum Gasteiger partial charge on any atom is 0.216 e. The second-order valence-corrected chi connectivity index (χ2v) is 2.74. The summed E-state index contributed by atoms with van der Waals surface area (Å²) in [6.45, 7) is 3.47. The molecule has 0 aliphatic heterocycles. The minimum absolute atomic E-state index is 0.437. The fourth-order valence-electron chi connectivity index (χ4n) is 1.10. The summed E-state index contributed by atoms with van der Waals surface area (Å²) in [5, 5.41) is 9.44. The lowest BCUT2D eigenvalue weighted by atomic mass is 10.0. The number of pyridine rings is 1. The van der Waals surface area contributed by atoms with Gasteiger partial charge in [0.15, 0.2) is 0 Å². The van der Waals surface area contributed by atoms with E-state index in [1.807, 2.05) is 6.92 Å². The molecule has 1 aromatic rings. The van der Waals surface area contributed by atoms with Gasteiger partial charge in [-0.15, -0.1) is 0 Å². The lowest BCUT2D eigenvalue weighted by Gasteiger charge is -2.10. The van der Waals surface area contributed by atoms with E-state index in [1.165, 1.54) is 6.20 Å². The molecular weight excluding hydrogens is 157 g/mol. The van der Waals surface area contributed by atoms with Crippen LogP contribution in [0.4, 0.5) is 4.39 Å².